The molecule has 4 aromatic rings. The minimum absolute atomic E-state index is 0.0705. The van der Waals surface area contributed by atoms with E-state index < -0.39 is 0 Å². The van der Waals surface area contributed by atoms with Gasteiger partial charge in [0.1, 0.15) is 0 Å². The van der Waals surface area contributed by atoms with Gasteiger partial charge in [-0.15, -0.1) is 10.2 Å². The molecule has 0 fully saturated rings. The summed E-state index contributed by atoms with van der Waals surface area (Å²) in [6, 6.07) is 22.0. The number of nitrogens with zero attached hydrogens (tertiary/aromatic N) is 4. The Morgan fingerprint density at radius 2 is 1.65 bits per heavy atom. The summed E-state index contributed by atoms with van der Waals surface area (Å²) in [5.74, 6) is 0.673. The van der Waals surface area contributed by atoms with Crippen LogP contribution in [-0.4, -0.2) is 30.9 Å². The van der Waals surface area contributed by atoms with E-state index in [1.807, 2.05) is 49.4 Å². The number of benzene rings is 2. The molecule has 0 aliphatic rings. The van der Waals surface area contributed by atoms with E-state index in [9.17, 15) is 4.79 Å². The van der Waals surface area contributed by atoms with Gasteiger partial charge in [-0.1, -0.05) is 75.0 Å². The van der Waals surface area contributed by atoms with Crippen molar-refractivity contribution in [3.8, 4) is 11.4 Å². The maximum Gasteiger partial charge on any atom is 0.237 e. The largest absolute Gasteiger partial charge is 0.325 e. The third-order valence-electron chi connectivity index (χ3n) is 5.51. The molecule has 0 saturated carbocycles. The van der Waals surface area contributed by atoms with Gasteiger partial charge in [-0.2, -0.15) is 0 Å². The van der Waals surface area contributed by atoms with Crippen molar-refractivity contribution in [1.29, 1.82) is 0 Å². The monoisotopic (exact) mass is 471 g/mol. The van der Waals surface area contributed by atoms with E-state index in [1.165, 1.54) is 17.3 Å². The van der Waals surface area contributed by atoms with E-state index >= 15 is 0 Å². The van der Waals surface area contributed by atoms with E-state index in [-0.39, 0.29) is 16.6 Å². The highest BCUT2D eigenvalue weighted by Crippen LogP contribution is 2.29. The fourth-order valence-corrected chi connectivity index (χ4v) is 4.36. The van der Waals surface area contributed by atoms with Crippen LogP contribution in [0.5, 0.6) is 0 Å². The van der Waals surface area contributed by atoms with Crippen LogP contribution in [0.2, 0.25) is 0 Å². The van der Waals surface area contributed by atoms with Crippen LogP contribution in [0.1, 0.15) is 38.8 Å². The predicted molar refractivity (Wildman–Crippen MR) is 138 cm³/mol. The Labute approximate surface area is 204 Å². The number of carbonyl (C=O) groups is 1. The van der Waals surface area contributed by atoms with Crippen molar-refractivity contribution in [2.24, 2.45) is 0 Å². The van der Waals surface area contributed by atoms with Gasteiger partial charge in [-0.3, -0.25) is 14.3 Å². The lowest BCUT2D eigenvalue weighted by atomic mass is 9.87. The molecule has 0 spiro atoms. The standard InChI is InChI=1S/C27H29N5OS/c1-19(25(33)29-23-12-10-22(11-13-23)27(2,3)4)34-26-31-30-24(21-14-16-28-17-15-21)32(26)18-20-8-6-5-7-9-20/h5-17,19H,18H2,1-4H3,(H,29,33)/t19-/m0/s1. The molecule has 1 N–H and O–H groups in total. The summed E-state index contributed by atoms with van der Waals surface area (Å²) < 4.78 is 2.05. The topological polar surface area (TPSA) is 72.7 Å². The molecular weight excluding hydrogens is 442 g/mol. The van der Waals surface area contributed by atoms with Gasteiger partial charge in [0.15, 0.2) is 11.0 Å². The van der Waals surface area contributed by atoms with Crippen LogP contribution in [0.3, 0.4) is 0 Å². The summed E-state index contributed by atoms with van der Waals surface area (Å²) >= 11 is 1.40. The number of anilines is 1. The minimum Gasteiger partial charge on any atom is -0.325 e. The Morgan fingerprint density at radius 3 is 2.29 bits per heavy atom. The van der Waals surface area contributed by atoms with Crippen LogP contribution < -0.4 is 5.32 Å². The van der Waals surface area contributed by atoms with Crippen molar-refractivity contribution in [2.75, 3.05) is 5.32 Å². The highest BCUT2D eigenvalue weighted by atomic mass is 32.2. The Balaban J connectivity index is 1.53. The van der Waals surface area contributed by atoms with Crippen molar-refractivity contribution in [1.82, 2.24) is 19.7 Å². The number of pyridine rings is 1. The van der Waals surface area contributed by atoms with E-state index in [0.29, 0.717) is 11.7 Å². The van der Waals surface area contributed by atoms with Gasteiger partial charge in [0, 0.05) is 23.6 Å². The molecule has 0 saturated heterocycles. The van der Waals surface area contributed by atoms with Crippen molar-refractivity contribution in [2.45, 2.75) is 50.1 Å². The van der Waals surface area contributed by atoms with Crippen LogP contribution in [0.25, 0.3) is 11.4 Å². The first kappa shape index (κ1) is 23.7. The highest BCUT2D eigenvalue weighted by Gasteiger charge is 2.21. The molecule has 6 nitrogen and oxygen atoms in total. The number of nitrogens with one attached hydrogen (secondary N) is 1. The number of amides is 1. The molecule has 4 rings (SSSR count). The zero-order chi connectivity index (χ0) is 24.1. The van der Waals surface area contributed by atoms with E-state index in [0.717, 1.165) is 22.6 Å². The highest BCUT2D eigenvalue weighted by molar-refractivity contribution is 8.00. The van der Waals surface area contributed by atoms with Gasteiger partial charge < -0.3 is 5.32 Å². The van der Waals surface area contributed by atoms with Gasteiger partial charge in [0.25, 0.3) is 0 Å². The Bertz CT molecular complexity index is 1230. The summed E-state index contributed by atoms with van der Waals surface area (Å²) in [6.07, 6.45) is 3.48. The molecule has 0 aliphatic carbocycles. The quantitative estimate of drug-likeness (QED) is 0.345. The molecule has 1 amide bonds. The van der Waals surface area contributed by atoms with Crippen LogP contribution in [0.4, 0.5) is 5.69 Å². The van der Waals surface area contributed by atoms with Crippen LogP contribution in [0.15, 0.2) is 84.3 Å². The van der Waals surface area contributed by atoms with E-state index in [1.54, 1.807) is 12.4 Å². The lowest BCUT2D eigenvalue weighted by Crippen LogP contribution is -2.23. The van der Waals surface area contributed by atoms with Crippen LogP contribution in [-0.2, 0) is 16.8 Å². The molecule has 2 aromatic heterocycles. The number of carbonyl (C=O) groups excluding carboxylic acids is 1. The summed E-state index contributed by atoms with van der Waals surface area (Å²) in [6.45, 7) is 9.01. The number of hydrogen-bond acceptors (Lipinski definition) is 5. The zero-order valence-electron chi connectivity index (χ0n) is 19.9. The van der Waals surface area contributed by atoms with Gasteiger partial charge in [0.05, 0.1) is 11.8 Å². The van der Waals surface area contributed by atoms with Gasteiger partial charge in [-0.05, 0) is 47.7 Å². The molecule has 174 valence electrons. The Morgan fingerprint density at radius 1 is 0.971 bits per heavy atom. The zero-order valence-corrected chi connectivity index (χ0v) is 20.7. The molecule has 1 atom stereocenters. The van der Waals surface area contributed by atoms with Crippen molar-refractivity contribution in [3.05, 3.63) is 90.3 Å². The maximum atomic E-state index is 12.9. The molecule has 2 heterocycles. The molecule has 0 radical (unpaired) electrons. The van der Waals surface area contributed by atoms with Crippen molar-refractivity contribution in [3.63, 3.8) is 0 Å². The first-order chi connectivity index (χ1) is 16.3. The number of hydrogen-bond donors (Lipinski definition) is 1. The van der Waals surface area contributed by atoms with Gasteiger partial charge in [0.2, 0.25) is 5.91 Å². The second kappa shape index (κ2) is 10.2. The smallest absolute Gasteiger partial charge is 0.237 e. The minimum atomic E-state index is -0.355. The molecule has 2 aromatic carbocycles. The molecule has 0 aliphatic heterocycles. The van der Waals surface area contributed by atoms with Gasteiger partial charge in [-0.25, -0.2) is 0 Å². The van der Waals surface area contributed by atoms with Crippen LogP contribution >= 0.6 is 11.8 Å². The van der Waals surface area contributed by atoms with E-state index in [4.69, 9.17) is 0 Å². The third-order valence-corrected chi connectivity index (χ3v) is 6.59. The predicted octanol–water partition coefficient (Wildman–Crippen LogP) is 5.81. The first-order valence-electron chi connectivity index (χ1n) is 11.3. The second-order valence-corrected chi connectivity index (χ2v) is 10.5. The summed E-state index contributed by atoms with van der Waals surface area (Å²) in [4.78, 5) is 17.1. The lowest BCUT2D eigenvalue weighted by molar-refractivity contribution is -0.115. The van der Waals surface area contributed by atoms with Crippen molar-refractivity contribution >= 4 is 23.4 Å². The molecule has 7 heteroatoms. The first-order valence-corrected chi connectivity index (χ1v) is 12.1. The summed E-state index contributed by atoms with van der Waals surface area (Å²) in [5.41, 5.74) is 4.15. The SMILES string of the molecule is C[C@H](Sc1nnc(-c2ccncc2)n1Cc1ccccc1)C(=O)Nc1ccc(C(C)(C)C)cc1. The number of aromatic nitrogens is 4. The fraction of sp³-hybridized carbons (Fsp3) is 0.259. The number of thioether (sulfide) groups is 1. The fourth-order valence-electron chi connectivity index (χ4n) is 3.51. The Kier molecular flexibility index (Phi) is 7.12. The summed E-state index contributed by atoms with van der Waals surface area (Å²) in [7, 11) is 0. The number of rotatable bonds is 7. The lowest BCUT2D eigenvalue weighted by Gasteiger charge is -2.19. The molecule has 34 heavy (non-hydrogen) atoms. The van der Waals surface area contributed by atoms with Gasteiger partial charge >= 0.3 is 0 Å². The van der Waals surface area contributed by atoms with E-state index in [2.05, 4.69) is 70.1 Å². The normalized spacial score (nSPS) is 12.4. The molecule has 0 unspecified atom stereocenters. The molecular formula is C27H29N5OS. The average Bonchev–Trinajstić information content (AvgIpc) is 3.22. The van der Waals surface area contributed by atoms with Crippen LogP contribution in [0, 0.1) is 0 Å². The molecule has 0 bridgehead atoms. The maximum absolute atomic E-state index is 12.9. The summed E-state index contributed by atoms with van der Waals surface area (Å²) in [5, 5.41) is 12.2. The third kappa shape index (κ3) is 5.72. The van der Waals surface area contributed by atoms with Crippen molar-refractivity contribution < 1.29 is 4.79 Å². The second-order valence-electron chi connectivity index (χ2n) is 9.19. The average molecular weight is 472 g/mol. The Hall–Kier alpha value is -3.45.